The molecule has 2 amide bonds. The second kappa shape index (κ2) is 7.82. The molecule has 2 fully saturated rings. The van der Waals surface area contributed by atoms with Crippen LogP contribution in [0.5, 0.6) is 5.75 Å². The molecule has 0 unspecified atom stereocenters. The fraction of sp³-hybridized carbons (Fsp3) is 0.435. The van der Waals surface area contributed by atoms with Crippen LogP contribution in [0, 0.1) is 19.7 Å². The molecule has 4 nitrogen and oxygen atoms in total. The number of piperidine rings is 1. The quantitative estimate of drug-likeness (QED) is 0.843. The summed E-state index contributed by atoms with van der Waals surface area (Å²) in [7, 11) is 0. The molecule has 0 radical (unpaired) electrons. The van der Waals surface area contributed by atoms with Crippen molar-refractivity contribution < 1.29 is 13.9 Å². The van der Waals surface area contributed by atoms with Gasteiger partial charge in [-0.25, -0.2) is 9.18 Å². The van der Waals surface area contributed by atoms with Gasteiger partial charge in [-0.05, 0) is 49.1 Å². The van der Waals surface area contributed by atoms with Gasteiger partial charge in [0.05, 0.1) is 0 Å². The molecule has 1 aliphatic heterocycles. The molecule has 1 aliphatic carbocycles. The second-order valence-electron chi connectivity index (χ2n) is 7.97. The molecule has 2 atom stereocenters. The predicted molar refractivity (Wildman–Crippen MR) is 107 cm³/mol. The van der Waals surface area contributed by atoms with E-state index in [0.29, 0.717) is 19.0 Å². The van der Waals surface area contributed by atoms with Gasteiger partial charge in [0.15, 0.2) is 0 Å². The lowest BCUT2D eigenvalue weighted by Gasteiger charge is -2.33. The number of amides is 2. The minimum atomic E-state index is -0.226. The molecule has 2 aromatic rings. The lowest BCUT2D eigenvalue weighted by molar-refractivity contribution is 0.110. The molecule has 0 spiro atoms. The van der Waals surface area contributed by atoms with Crippen molar-refractivity contribution in [2.24, 2.45) is 0 Å². The number of hydrogen-bond acceptors (Lipinski definition) is 2. The molecule has 1 saturated heterocycles. The first-order chi connectivity index (χ1) is 13.5. The van der Waals surface area contributed by atoms with E-state index in [1.54, 1.807) is 0 Å². The highest BCUT2D eigenvalue weighted by atomic mass is 19.1. The largest absolute Gasteiger partial charge is 0.490 e. The lowest BCUT2D eigenvalue weighted by Crippen LogP contribution is -2.47. The zero-order valence-corrected chi connectivity index (χ0v) is 16.5. The predicted octanol–water partition coefficient (Wildman–Crippen LogP) is 4.55. The fourth-order valence-corrected chi connectivity index (χ4v) is 4.01. The van der Waals surface area contributed by atoms with Crippen LogP contribution < -0.4 is 10.1 Å². The summed E-state index contributed by atoms with van der Waals surface area (Å²) in [6.07, 6.45) is 2.75. The third kappa shape index (κ3) is 4.13. The summed E-state index contributed by atoms with van der Waals surface area (Å²) < 4.78 is 19.3. The van der Waals surface area contributed by atoms with Crippen molar-refractivity contribution in [2.45, 2.75) is 51.2 Å². The van der Waals surface area contributed by atoms with Crippen LogP contribution in [0.4, 0.5) is 9.18 Å². The Kier molecular flexibility index (Phi) is 5.25. The standard InChI is InChI=1S/C23H27FN2O2/c1-15-4-3-5-16(2)22(15)28-19-10-12-26(13-11-19)23(27)25-21-14-20(21)17-6-8-18(24)9-7-17/h3-9,19-21H,10-14H2,1-2H3,(H,25,27)/t20-,21-/m1/s1. The molecule has 2 aromatic carbocycles. The molecule has 1 heterocycles. The summed E-state index contributed by atoms with van der Waals surface area (Å²) in [6, 6.07) is 12.9. The molecule has 1 N–H and O–H groups in total. The van der Waals surface area contributed by atoms with E-state index in [1.807, 2.05) is 23.1 Å². The highest BCUT2D eigenvalue weighted by Crippen LogP contribution is 2.41. The molecular weight excluding hydrogens is 355 g/mol. The fourth-order valence-electron chi connectivity index (χ4n) is 4.01. The highest BCUT2D eigenvalue weighted by molar-refractivity contribution is 5.75. The molecule has 0 aromatic heterocycles. The first-order valence-corrected chi connectivity index (χ1v) is 10.0. The van der Waals surface area contributed by atoms with Gasteiger partial charge in [-0.2, -0.15) is 0 Å². The molecule has 1 saturated carbocycles. The minimum Gasteiger partial charge on any atom is -0.490 e. The van der Waals surface area contributed by atoms with Gasteiger partial charge in [0.25, 0.3) is 0 Å². The van der Waals surface area contributed by atoms with E-state index >= 15 is 0 Å². The van der Waals surface area contributed by atoms with Crippen molar-refractivity contribution in [1.29, 1.82) is 0 Å². The summed E-state index contributed by atoms with van der Waals surface area (Å²) in [4.78, 5) is 14.4. The number of urea groups is 1. The number of nitrogens with zero attached hydrogens (tertiary/aromatic N) is 1. The number of hydrogen-bond donors (Lipinski definition) is 1. The number of ether oxygens (including phenoxy) is 1. The number of carbonyl (C=O) groups is 1. The van der Waals surface area contributed by atoms with Crippen molar-refractivity contribution in [1.82, 2.24) is 10.2 Å². The van der Waals surface area contributed by atoms with Crippen LogP contribution in [-0.4, -0.2) is 36.2 Å². The minimum absolute atomic E-state index is 0.000124. The molecule has 4 rings (SSSR count). The normalized spacial score (nSPS) is 22.0. The van der Waals surface area contributed by atoms with Gasteiger partial charge in [-0.3, -0.25) is 0 Å². The van der Waals surface area contributed by atoms with Crippen LogP contribution >= 0.6 is 0 Å². The van der Waals surface area contributed by atoms with Crippen LogP contribution in [0.3, 0.4) is 0 Å². The van der Waals surface area contributed by atoms with Crippen LogP contribution in [0.15, 0.2) is 42.5 Å². The van der Waals surface area contributed by atoms with E-state index in [1.165, 1.54) is 12.1 Å². The Hall–Kier alpha value is -2.56. The summed E-state index contributed by atoms with van der Waals surface area (Å²) in [5.74, 6) is 1.05. The highest BCUT2D eigenvalue weighted by Gasteiger charge is 2.40. The SMILES string of the molecule is Cc1cccc(C)c1OC1CCN(C(=O)N[C@@H]2C[C@@H]2c2ccc(F)cc2)CC1. The van der Waals surface area contributed by atoms with Gasteiger partial charge < -0.3 is 15.0 Å². The van der Waals surface area contributed by atoms with Gasteiger partial charge in [0, 0.05) is 37.9 Å². The lowest BCUT2D eigenvalue weighted by atomic mass is 10.1. The van der Waals surface area contributed by atoms with Crippen molar-refractivity contribution in [3.05, 3.63) is 65.0 Å². The number of benzene rings is 2. The van der Waals surface area contributed by atoms with Crippen LogP contribution in [0.25, 0.3) is 0 Å². The van der Waals surface area contributed by atoms with Crippen LogP contribution in [0.2, 0.25) is 0 Å². The van der Waals surface area contributed by atoms with E-state index < -0.39 is 0 Å². The smallest absolute Gasteiger partial charge is 0.317 e. The van der Waals surface area contributed by atoms with Crippen LogP contribution in [0.1, 0.15) is 41.9 Å². The zero-order valence-electron chi connectivity index (χ0n) is 16.5. The van der Waals surface area contributed by atoms with E-state index in [9.17, 15) is 9.18 Å². The summed E-state index contributed by atoms with van der Waals surface area (Å²) in [5, 5.41) is 3.12. The Morgan fingerprint density at radius 1 is 1.07 bits per heavy atom. The van der Waals surface area contributed by atoms with Crippen molar-refractivity contribution in [3.8, 4) is 5.75 Å². The third-order valence-corrected chi connectivity index (χ3v) is 5.82. The summed E-state index contributed by atoms with van der Waals surface area (Å²) in [5.41, 5.74) is 3.40. The van der Waals surface area contributed by atoms with Crippen molar-refractivity contribution >= 4 is 6.03 Å². The van der Waals surface area contributed by atoms with E-state index in [0.717, 1.165) is 41.7 Å². The Morgan fingerprint density at radius 3 is 2.36 bits per heavy atom. The first kappa shape index (κ1) is 18.8. The molecule has 148 valence electrons. The Morgan fingerprint density at radius 2 is 1.71 bits per heavy atom. The average molecular weight is 382 g/mol. The maximum Gasteiger partial charge on any atom is 0.317 e. The van der Waals surface area contributed by atoms with E-state index in [2.05, 4.69) is 31.3 Å². The third-order valence-electron chi connectivity index (χ3n) is 5.82. The molecule has 0 bridgehead atoms. The topological polar surface area (TPSA) is 41.6 Å². The second-order valence-corrected chi connectivity index (χ2v) is 7.97. The maximum absolute atomic E-state index is 13.0. The van der Waals surface area contributed by atoms with Gasteiger partial charge >= 0.3 is 6.03 Å². The van der Waals surface area contributed by atoms with Gasteiger partial charge in [-0.1, -0.05) is 30.3 Å². The number of carbonyl (C=O) groups excluding carboxylic acids is 1. The Bertz CT molecular complexity index is 824. The number of halogens is 1. The number of para-hydroxylation sites is 1. The maximum atomic E-state index is 13.0. The Balaban J connectivity index is 1.25. The number of rotatable bonds is 4. The molecule has 2 aliphatic rings. The summed E-state index contributed by atoms with van der Waals surface area (Å²) >= 11 is 0. The first-order valence-electron chi connectivity index (χ1n) is 10.0. The zero-order chi connectivity index (χ0) is 19.7. The van der Waals surface area contributed by atoms with E-state index in [-0.39, 0.29) is 24.0 Å². The van der Waals surface area contributed by atoms with Gasteiger partial charge in [0.2, 0.25) is 0 Å². The number of aryl methyl sites for hydroxylation is 2. The molecular formula is C23H27FN2O2. The summed E-state index contributed by atoms with van der Waals surface area (Å²) in [6.45, 7) is 5.54. The van der Waals surface area contributed by atoms with Crippen LogP contribution in [-0.2, 0) is 0 Å². The Labute approximate surface area is 165 Å². The van der Waals surface area contributed by atoms with Gasteiger partial charge in [0.1, 0.15) is 17.7 Å². The average Bonchev–Trinajstić information content (AvgIpc) is 3.45. The van der Waals surface area contributed by atoms with Crippen molar-refractivity contribution in [3.63, 3.8) is 0 Å². The number of likely N-dealkylation sites (tertiary alicyclic amines) is 1. The van der Waals surface area contributed by atoms with Crippen molar-refractivity contribution in [2.75, 3.05) is 13.1 Å². The molecule has 28 heavy (non-hydrogen) atoms. The molecule has 5 heteroatoms. The van der Waals surface area contributed by atoms with E-state index in [4.69, 9.17) is 4.74 Å². The number of nitrogens with one attached hydrogen (secondary N) is 1. The monoisotopic (exact) mass is 382 g/mol. The van der Waals surface area contributed by atoms with Gasteiger partial charge in [-0.15, -0.1) is 0 Å².